The SMILES string of the molecule is NC(=O)C(NC1CCCCC1)c1ccccc1C(F)(F)F. The van der Waals surface area contributed by atoms with Gasteiger partial charge in [0.2, 0.25) is 5.91 Å². The molecule has 1 atom stereocenters. The van der Waals surface area contributed by atoms with E-state index in [1.54, 1.807) is 0 Å². The van der Waals surface area contributed by atoms with Gasteiger partial charge < -0.3 is 5.73 Å². The third kappa shape index (κ3) is 3.97. The maximum atomic E-state index is 13.1. The maximum absolute atomic E-state index is 13.1. The monoisotopic (exact) mass is 300 g/mol. The first-order valence-corrected chi connectivity index (χ1v) is 7.11. The van der Waals surface area contributed by atoms with Crippen molar-refractivity contribution < 1.29 is 18.0 Å². The molecule has 1 aromatic carbocycles. The Morgan fingerprint density at radius 3 is 2.38 bits per heavy atom. The van der Waals surface area contributed by atoms with E-state index in [-0.39, 0.29) is 11.6 Å². The highest BCUT2D eigenvalue weighted by Gasteiger charge is 2.36. The summed E-state index contributed by atoms with van der Waals surface area (Å²) >= 11 is 0. The normalized spacial score (nSPS) is 18.4. The van der Waals surface area contributed by atoms with Crippen LogP contribution in [-0.2, 0) is 11.0 Å². The highest BCUT2D eigenvalue weighted by Crippen LogP contribution is 2.35. The van der Waals surface area contributed by atoms with Gasteiger partial charge in [-0.2, -0.15) is 13.2 Å². The summed E-state index contributed by atoms with van der Waals surface area (Å²) in [6.07, 6.45) is 0.376. The third-order valence-corrected chi connectivity index (χ3v) is 3.87. The molecule has 2 rings (SSSR count). The first-order valence-electron chi connectivity index (χ1n) is 7.11. The summed E-state index contributed by atoms with van der Waals surface area (Å²) < 4.78 is 39.2. The van der Waals surface area contributed by atoms with Gasteiger partial charge in [0.15, 0.2) is 0 Å². The zero-order valence-corrected chi connectivity index (χ0v) is 11.6. The van der Waals surface area contributed by atoms with Crippen molar-refractivity contribution in [3.05, 3.63) is 35.4 Å². The molecule has 0 radical (unpaired) electrons. The minimum atomic E-state index is -4.50. The van der Waals surface area contributed by atoms with E-state index < -0.39 is 23.7 Å². The minimum absolute atomic E-state index is 0.0394. The quantitative estimate of drug-likeness (QED) is 0.897. The van der Waals surface area contributed by atoms with E-state index in [1.807, 2.05) is 0 Å². The van der Waals surface area contributed by atoms with Gasteiger partial charge in [-0.05, 0) is 24.5 Å². The van der Waals surface area contributed by atoms with E-state index in [0.29, 0.717) is 0 Å². The van der Waals surface area contributed by atoms with Gasteiger partial charge in [0.1, 0.15) is 6.04 Å². The summed E-state index contributed by atoms with van der Waals surface area (Å²) in [6, 6.07) is 4.03. The van der Waals surface area contributed by atoms with E-state index >= 15 is 0 Å². The van der Waals surface area contributed by atoms with Crippen LogP contribution in [0.1, 0.15) is 49.3 Å². The molecule has 1 aliphatic rings. The molecular weight excluding hydrogens is 281 g/mol. The molecule has 1 saturated carbocycles. The third-order valence-electron chi connectivity index (χ3n) is 3.87. The summed E-state index contributed by atoms with van der Waals surface area (Å²) in [5.41, 5.74) is 4.43. The number of alkyl halides is 3. The maximum Gasteiger partial charge on any atom is 0.416 e. The zero-order chi connectivity index (χ0) is 15.5. The molecule has 1 fully saturated rings. The second-order valence-electron chi connectivity index (χ2n) is 5.42. The predicted molar refractivity (Wildman–Crippen MR) is 73.4 cm³/mol. The highest BCUT2D eigenvalue weighted by atomic mass is 19.4. The van der Waals surface area contributed by atoms with E-state index in [1.165, 1.54) is 18.2 Å². The summed E-state index contributed by atoms with van der Waals surface area (Å²) in [5.74, 6) is -0.780. The van der Waals surface area contributed by atoms with E-state index in [4.69, 9.17) is 5.73 Å². The fourth-order valence-corrected chi connectivity index (χ4v) is 2.84. The topological polar surface area (TPSA) is 55.1 Å². The summed E-state index contributed by atoms with van der Waals surface area (Å²) in [6.45, 7) is 0. The van der Waals surface area contributed by atoms with Crippen molar-refractivity contribution in [3.63, 3.8) is 0 Å². The molecule has 6 heteroatoms. The van der Waals surface area contributed by atoms with Gasteiger partial charge >= 0.3 is 6.18 Å². The Kier molecular flexibility index (Phi) is 4.88. The fraction of sp³-hybridized carbons (Fsp3) is 0.533. The molecule has 1 unspecified atom stereocenters. The molecule has 21 heavy (non-hydrogen) atoms. The van der Waals surface area contributed by atoms with Crippen LogP contribution in [-0.4, -0.2) is 11.9 Å². The molecule has 0 bridgehead atoms. The standard InChI is InChI=1S/C15H19F3N2O/c16-15(17,18)12-9-5-4-8-11(12)13(14(19)21)20-10-6-2-1-3-7-10/h4-5,8-10,13,20H,1-3,6-7H2,(H2,19,21). The van der Waals surface area contributed by atoms with E-state index in [2.05, 4.69) is 5.32 Å². The first kappa shape index (κ1) is 15.8. The van der Waals surface area contributed by atoms with Crippen LogP contribution in [0.25, 0.3) is 0 Å². The van der Waals surface area contributed by atoms with Crippen LogP contribution in [0.15, 0.2) is 24.3 Å². The number of carbonyl (C=O) groups excluding carboxylic acids is 1. The smallest absolute Gasteiger partial charge is 0.368 e. The lowest BCUT2D eigenvalue weighted by Crippen LogP contribution is -2.41. The lowest BCUT2D eigenvalue weighted by molar-refractivity contribution is -0.138. The van der Waals surface area contributed by atoms with Crippen LogP contribution in [0.5, 0.6) is 0 Å². The van der Waals surface area contributed by atoms with Gasteiger partial charge in [-0.25, -0.2) is 0 Å². The Bertz CT molecular complexity index is 496. The van der Waals surface area contributed by atoms with Gasteiger partial charge in [0, 0.05) is 6.04 Å². The number of benzene rings is 1. The average molecular weight is 300 g/mol. The fourth-order valence-electron chi connectivity index (χ4n) is 2.84. The number of nitrogens with two attached hydrogens (primary N) is 1. The van der Waals surface area contributed by atoms with E-state index in [0.717, 1.165) is 38.2 Å². The van der Waals surface area contributed by atoms with Crippen molar-refractivity contribution in [2.24, 2.45) is 5.73 Å². The molecule has 0 spiro atoms. The lowest BCUT2D eigenvalue weighted by atomic mass is 9.92. The summed E-state index contributed by atoms with van der Waals surface area (Å²) in [5, 5.41) is 3.01. The second kappa shape index (κ2) is 6.47. The molecule has 0 aliphatic heterocycles. The lowest BCUT2D eigenvalue weighted by Gasteiger charge is -2.28. The number of carbonyl (C=O) groups is 1. The first-order chi connectivity index (χ1) is 9.89. The average Bonchev–Trinajstić information content (AvgIpc) is 2.45. The van der Waals surface area contributed by atoms with Crippen molar-refractivity contribution >= 4 is 5.91 Å². The Morgan fingerprint density at radius 2 is 1.81 bits per heavy atom. The molecule has 3 nitrogen and oxygen atoms in total. The van der Waals surface area contributed by atoms with E-state index in [9.17, 15) is 18.0 Å². The van der Waals surface area contributed by atoms with Crippen molar-refractivity contribution in [1.82, 2.24) is 5.32 Å². The Balaban J connectivity index is 2.28. The number of hydrogen-bond donors (Lipinski definition) is 2. The number of rotatable bonds is 4. The van der Waals surface area contributed by atoms with Crippen LogP contribution in [0.3, 0.4) is 0 Å². The van der Waals surface area contributed by atoms with Crippen LogP contribution in [0.2, 0.25) is 0 Å². The molecule has 0 saturated heterocycles. The summed E-state index contributed by atoms with van der Waals surface area (Å²) in [4.78, 5) is 11.6. The van der Waals surface area contributed by atoms with Crippen LogP contribution in [0, 0.1) is 0 Å². The summed E-state index contributed by atoms with van der Waals surface area (Å²) in [7, 11) is 0. The van der Waals surface area contributed by atoms with Gasteiger partial charge in [0.05, 0.1) is 5.56 Å². The van der Waals surface area contributed by atoms with Crippen molar-refractivity contribution in [2.45, 2.75) is 50.4 Å². The Labute approximate surface area is 121 Å². The number of amides is 1. The van der Waals surface area contributed by atoms with Gasteiger partial charge in [0.25, 0.3) is 0 Å². The highest BCUT2D eigenvalue weighted by molar-refractivity contribution is 5.82. The molecule has 0 heterocycles. The molecule has 116 valence electrons. The van der Waals surface area contributed by atoms with Crippen LogP contribution < -0.4 is 11.1 Å². The van der Waals surface area contributed by atoms with Crippen LogP contribution >= 0.6 is 0 Å². The Morgan fingerprint density at radius 1 is 1.19 bits per heavy atom. The number of primary amides is 1. The molecular formula is C15H19F3N2O. The number of halogens is 3. The molecule has 0 aromatic heterocycles. The molecule has 1 aromatic rings. The van der Waals surface area contributed by atoms with Crippen LogP contribution in [0.4, 0.5) is 13.2 Å². The van der Waals surface area contributed by atoms with Crippen molar-refractivity contribution in [2.75, 3.05) is 0 Å². The van der Waals surface area contributed by atoms with Crippen molar-refractivity contribution in [1.29, 1.82) is 0 Å². The van der Waals surface area contributed by atoms with Gasteiger partial charge in [-0.1, -0.05) is 37.5 Å². The predicted octanol–water partition coefficient (Wildman–Crippen LogP) is 3.15. The zero-order valence-electron chi connectivity index (χ0n) is 11.6. The largest absolute Gasteiger partial charge is 0.416 e. The van der Waals surface area contributed by atoms with Crippen molar-refractivity contribution in [3.8, 4) is 0 Å². The Hall–Kier alpha value is -1.56. The van der Waals surface area contributed by atoms with Gasteiger partial charge in [-0.15, -0.1) is 0 Å². The number of hydrogen-bond acceptors (Lipinski definition) is 2. The number of nitrogens with one attached hydrogen (secondary N) is 1. The minimum Gasteiger partial charge on any atom is -0.368 e. The second-order valence-corrected chi connectivity index (χ2v) is 5.42. The molecule has 3 N–H and O–H groups in total. The van der Waals surface area contributed by atoms with Gasteiger partial charge in [-0.3, -0.25) is 10.1 Å². The molecule has 1 aliphatic carbocycles. The molecule has 1 amide bonds.